The Morgan fingerprint density at radius 2 is 2.00 bits per heavy atom. The maximum atomic E-state index is 12.3. The molecule has 6 heteroatoms. The minimum absolute atomic E-state index is 0.136. The number of hydrogen-bond donors (Lipinski definition) is 0. The van der Waals surface area contributed by atoms with E-state index in [0.29, 0.717) is 18.0 Å². The van der Waals surface area contributed by atoms with Gasteiger partial charge < -0.3 is 0 Å². The minimum atomic E-state index is -3.21. The molecule has 1 aromatic heterocycles. The van der Waals surface area contributed by atoms with Crippen molar-refractivity contribution in [3.8, 4) is 0 Å². The molecule has 5 nitrogen and oxygen atoms in total. The number of nitrogens with zero attached hydrogens (tertiary/aromatic N) is 3. The highest BCUT2D eigenvalue weighted by molar-refractivity contribution is 7.91. The molecule has 0 spiro atoms. The summed E-state index contributed by atoms with van der Waals surface area (Å²) in [6, 6.07) is 8.62. The zero-order valence-electron chi connectivity index (χ0n) is 11.6. The number of aromatic nitrogens is 2. The fraction of sp³-hybridized carbons (Fsp3) is 0.333. The lowest BCUT2D eigenvalue weighted by Crippen LogP contribution is -2.35. The van der Waals surface area contributed by atoms with Crippen LogP contribution in [0.2, 0.25) is 0 Å². The van der Waals surface area contributed by atoms with Crippen molar-refractivity contribution in [2.24, 2.45) is 0 Å². The summed E-state index contributed by atoms with van der Waals surface area (Å²) in [5.74, 6) is 0.136. The maximum absolute atomic E-state index is 12.3. The van der Waals surface area contributed by atoms with Gasteiger partial charge in [0.15, 0.2) is 9.84 Å². The van der Waals surface area contributed by atoms with Crippen molar-refractivity contribution in [1.82, 2.24) is 14.9 Å². The standard InChI is InChI=1S/C15H17N3O2S/c19-21(20,14-4-2-1-3-5-14)9-8-18-7-6-13-10-16-12-17-15(13)11-18/h1-5,10,12H,6-9,11H2. The summed E-state index contributed by atoms with van der Waals surface area (Å²) in [5, 5.41) is 0. The van der Waals surface area contributed by atoms with Crippen molar-refractivity contribution in [3.63, 3.8) is 0 Å². The second-order valence-corrected chi connectivity index (χ2v) is 7.26. The third kappa shape index (κ3) is 3.28. The van der Waals surface area contributed by atoms with Crippen molar-refractivity contribution < 1.29 is 8.42 Å². The monoisotopic (exact) mass is 303 g/mol. The van der Waals surface area contributed by atoms with E-state index in [1.807, 2.05) is 12.3 Å². The molecular weight excluding hydrogens is 286 g/mol. The SMILES string of the molecule is O=S(=O)(CCN1CCc2cncnc2C1)c1ccccc1. The van der Waals surface area contributed by atoms with E-state index in [9.17, 15) is 8.42 Å². The van der Waals surface area contributed by atoms with Crippen molar-refractivity contribution in [2.45, 2.75) is 17.9 Å². The Labute approximate surface area is 124 Å². The Morgan fingerprint density at radius 1 is 1.19 bits per heavy atom. The maximum Gasteiger partial charge on any atom is 0.179 e. The molecule has 1 aromatic carbocycles. The van der Waals surface area contributed by atoms with Gasteiger partial charge in [-0.2, -0.15) is 0 Å². The van der Waals surface area contributed by atoms with Gasteiger partial charge in [0.2, 0.25) is 0 Å². The van der Waals surface area contributed by atoms with E-state index in [1.165, 1.54) is 5.56 Å². The first-order valence-electron chi connectivity index (χ1n) is 6.93. The minimum Gasteiger partial charge on any atom is -0.296 e. The topological polar surface area (TPSA) is 63.2 Å². The van der Waals surface area contributed by atoms with Gasteiger partial charge >= 0.3 is 0 Å². The summed E-state index contributed by atoms with van der Waals surface area (Å²) in [6.07, 6.45) is 4.27. The van der Waals surface area contributed by atoms with Crippen LogP contribution in [0.3, 0.4) is 0 Å². The van der Waals surface area contributed by atoms with Gasteiger partial charge in [0, 0.05) is 25.8 Å². The number of fused-ring (bicyclic) bond motifs is 1. The summed E-state index contributed by atoms with van der Waals surface area (Å²) < 4.78 is 24.5. The van der Waals surface area contributed by atoms with Crippen LogP contribution in [0.5, 0.6) is 0 Å². The van der Waals surface area contributed by atoms with Gasteiger partial charge in [0.1, 0.15) is 6.33 Å². The molecule has 0 unspecified atom stereocenters. The Balaban J connectivity index is 1.64. The summed E-state index contributed by atoms with van der Waals surface area (Å²) in [4.78, 5) is 10.8. The van der Waals surface area contributed by atoms with Gasteiger partial charge in [-0.15, -0.1) is 0 Å². The second kappa shape index (κ2) is 5.91. The van der Waals surface area contributed by atoms with E-state index in [0.717, 1.165) is 18.7 Å². The summed E-state index contributed by atoms with van der Waals surface area (Å²) in [6.45, 7) is 2.08. The van der Waals surface area contributed by atoms with Crippen molar-refractivity contribution in [1.29, 1.82) is 0 Å². The van der Waals surface area contributed by atoms with Crippen LogP contribution in [0, 0.1) is 0 Å². The Bertz CT molecular complexity index is 717. The molecule has 2 heterocycles. The van der Waals surface area contributed by atoms with Crippen LogP contribution in [0.1, 0.15) is 11.3 Å². The molecule has 0 saturated heterocycles. The van der Waals surface area contributed by atoms with Gasteiger partial charge in [0.05, 0.1) is 16.3 Å². The summed E-state index contributed by atoms with van der Waals surface area (Å²) in [7, 11) is -3.21. The number of sulfone groups is 1. The van der Waals surface area contributed by atoms with Gasteiger partial charge in [-0.1, -0.05) is 18.2 Å². The lowest BCUT2D eigenvalue weighted by atomic mass is 10.1. The Hall–Kier alpha value is -1.79. The van der Waals surface area contributed by atoms with Crippen LogP contribution in [-0.4, -0.2) is 42.1 Å². The van der Waals surface area contributed by atoms with Crippen molar-refractivity contribution >= 4 is 9.84 Å². The lowest BCUT2D eigenvalue weighted by Gasteiger charge is -2.27. The molecule has 0 fully saturated rings. The molecule has 0 saturated carbocycles. The molecule has 0 atom stereocenters. The molecule has 1 aliphatic rings. The quantitative estimate of drug-likeness (QED) is 0.852. The van der Waals surface area contributed by atoms with Gasteiger partial charge in [0.25, 0.3) is 0 Å². The van der Waals surface area contributed by atoms with Crippen LogP contribution < -0.4 is 0 Å². The first-order chi connectivity index (χ1) is 10.1. The smallest absolute Gasteiger partial charge is 0.179 e. The van der Waals surface area contributed by atoms with Crippen molar-refractivity contribution in [3.05, 3.63) is 54.1 Å². The first kappa shape index (κ1) is 14.2. The van der Waals surface area contributed by atoms with E-state index >= 15 is 0 Å². The first-order valence-corrected chi connectivity index (χ1v) is 8.58. The van der Waals surface area contributed by atoms with Crippen LogP contribution in [0.15, 0.2) is 47.8 Å². The lowest BCUT2D eigenvalue weighted by molar-refractivity contribution is 0.264. The van der Waals surface area contributed by atoms with E-state index in [4.69, 9.17) is 0 Å². The van der Waals surface area contributed by atoms with Crippen LogP contribution in [-0.2, 0) is 22.8 Å². The average Bonchev–Trinajstić information content (AvgIpc) is 2.54. The van der Waals surface area contributed by atoms with Gasteiger partial charge in [-0.25, -0.2) is 18.4 Å². The molecular formula is C15H17N3O2S. The third-order valence-electron chi connectivity index (χ3n) is 3.73. The fourth-order valence-electron chi connectivity index (χ4n) is 2.49. The molecule has 3 rings (SSSR count). The fourth-order valence-corrected chi connectivity index (χ4v) is 3.80. The highest BCUT2D eigenvalue weighted by Crippen LogP contribution is 2.16. The molecule has 0 radical (unpaired) electrons. The number of rotatable bonds is 4. The van der Waals surface area contributed by atoms with Gasteiger partial charge in [-0.05, 0) is 24.1 Å². The predicted octanol–water partition coefficient (Wildman–Crippen LogP) is 1.31. The van der Waals surface area contributed by atoms with Crippen LogP contribution >= 0.6 is 0 Å². The Morgan fingerprint density at radius 3 is 2.81 bits per heavy atom. The van der Waals surface area contributed by atoms with E-state index in [2.05, 4.69) is 14.9 Å². The van der Waals surface area contributed by atoms with E-state index in [1.54, 1.807) is 30.6 Å². The zero-order valence-corrected chi connectivity index (χ0v) is 12.5. The summed E-state index contributed by atoms with van der Waals surface area (Å²) in [5.41, 5.74) is 2.17. The number of benzene rings is 1. The zero-order chi connectivity index (χ0) is 14.7. The normalized spacial score (nSPS) is 15.6. The predicted molar refractivity (Wildman–Crippen MR) is 79.5 cm³/mol. The molecule has 2 aromatic rings. The van der Waals surface area contributed by atoms with E-state index in [-0.39, 0.29) is 5.75 Å². The molecule has 0 bridgehead atoms. The van der Waals surface area contributed by atoms with E-state index < -0.39 is 9.84 Å². The average molecular weight is 303 g/mol. The molecule has 0 aliphatic carbocycles. The second-order valence-electron chi connectivity index (χ2n) is 5.15. The highest BCUT2D eigenvalue weighted by Gasteiger charge is 2.20. The molecule has 110 valence electrons. The third-order valence-corrected chi connectivity index (χ3v) is 5.44. The summed E-state index contributed by atoms with van der Waals surface area (Å²) >= 11 is 0. The molecule has 1 aliphatic heterocycles. The van der Waals surface area contributed by atoms with Crippen LogP contribution in [0.4, 0.5) is 0 Å². The van der Waals surface area contributed by atoms with Gasteiger partial charge in [-0.3, -0.25) is 4.90 Å². The van der Waals surface area contributed by atoms with Crippen LogP contribution in [0.25, 0.3) is 0 Å². The highest BCUT2D eigenvalue weighted by atomic mass is 32.2. The number of hydrogen-bond acceptors (Lipinski definition) is 5. The van der Waals surface area contributed by atoms with Crippen molar-refractivity contribution in [2.75, 3.05) is 18.8 Å². The molecule has 21 heavy (non-hydrogen) atoms. The Kier molecular flexibility index (Phi) is 3.98. The molecule has 0 amide bonds. The molecule has 0 N–H and O–H groups in total. The largest absolute Gasteiger partial charge is 0.296 e.